The molecule has 0 aromatic rings. The molecule has 1 N–H and O–H groups in total. The molecule has 140 valence electrons. The molecule has 0 heterocycles. The van der Waals surface area contributed by atoms with E-state index in [4.69, 9.17) is 4.55 Å². The Bertz CT molecular complexity index is 415. The third kappa shape index (κ3) is 16.5. The fourth-order valence-electron chi connectivity index (χ4n) is 3.08. The van der Waals surface area contributed by atoms with E-state index in [0.717, 1.165) is 38.5 Å². The molecule has 4 nitrogen and oxygen atoms in total. The van der Waals surface area contributed by atoms with E-state index in [1.807, 2.05) is 0 Å². The largest absolute Gasteiger partial charge is 0.397 e. The summed E-state index contributed by atoms with van der Waals surface area (Å²) < 4.78 is 35.1. The van der Waals surface area contributed by atoms with Gasteiger partial charge in [0.1, 0.15) is 0 Å². The number of hydrogen-bond acceptors (Lipinski definition) is 3. The Labute approximate surface area is 144 Å². The van der Waals surface area contributed by atoms with Crippen LogP contribution < -0.4 is 0 Å². The summed E-state index contributed by atoms with van der Waals surface area (Å²) in [5.74, 6) is 0.785. The maximum Gasteiger partial charge on any atom is 0.397 e. The summed E-state index contributed by atoms with van der Waals surface area (Å²) in [5.41, 5.74) is 0.597. The third-order valence-electron chi connectivity index (χ3n) is 4.02. The zero-order chi connectivity index (χ0) is 18.3. The lowest BCUT2D eigenvalue weighted by Gasteiger charge is -2.25. The smallest absolute Gasteiger partial charge is 0.264 e. The lowest BCUT2D eigenvalue weighted by Crippen LogP contribution is -2.17. The molecule has 0 aliphatic rings. The van der Waals surface area contributed by atoms with E-state index in [0.29, 0.717) is 11.3 Å². The molecule has 0 saturated carbocycles. The zero-order valence-corrected chi connectivity index (χ0v) is 17.0. The summed E-state index contributed by atoms with van der Waals surface area (Å²) in [6.07, 6.45) is 6.25. The Hall–Kier alpha value is -0.130. The lowest BCUT2D eigenvalue weighted by atomic mass is 9.81. The van der Waals surface area contributed by atoms with Crippen LogP contribution in [0.2, 0.25) is 0 Å². The van der Waals surface area contributed by atoms with Gasteiger partial charge in [0.05, 0.1) is 6.61 Å². The van der Waals surface area contributed by atoms with Crippen molar-refractivity contribution in [1.82, 2.24) is 0 Å². The molecule has 0 amide bonds. The fraction of sp³-hybridized carbons (Fsp3) is 1.00. The second-order valence-electron chi connectivity index (χ2n) is 9.48. The maximum atomic E-state index is 10.8. The molecule has 0 radical (unpaired) electrons. The van der Waals surface area contributed by atoms with Crippen LogP contribution in [0.1, 0.15) is 87.0 Å². The summed E-state index contributed by atoms with van der Waals surface area (Å²) in [7, 11) is -4.34. The first kappa shape index (κ1) is 22.9. The van der Waals surface area contributed by atoms with Crippen molar-refractivity contribution in [3.05, 3.63) is 0 Å². The molecule has 0 aliphatic heterocycles. The number of hydrogen-bond donors (Lipinski definition) is 1. The van der Waals surface area contributed by atoms with E-state index in [1.54, 1.807) is 0 Å². The van der Waals surface area contributed by atoms with Gasteiger partial charge in [-0.3, -0.25) is 4.55 Å². The first-order valence-corrected chi connectivity index (χ1v) is 10.2. The predicted octanol–water partition coefficient (Wildman–Crippen LogP) is 5.49. The van der Waals surface area contributed by atoms with E-state index in [9.17, 15) is 8.42 Å². The second kappa shape index (κ2) is 9.38. The van der Waals surface area contributed by atoms with Gasteiger partial charge in [-0.15, -0.1) is 0 Å². The van der Waals surface area contributed by atoms with Gasteiger partial charge >= 0.3 is 10.4 Å². The van der Waals surface area contributed by atoms with Gasteiger partial charge in [0, 0.05) is 0 Å². The molecular weight excluding hydrogens is 312 g/mol. The summed E-state index contributed by atoms with van der Waals surface area (Å²) in [5, 5.41) is 0. The second-order valence-corrected chi connectivity index (χ2v) is 10.6. The van der Waals surface area contributed by atoms with Gasteiger partial charge in [0.2, 0.25) is 0 Å². The van der Waals surface area contributed by atoms with E-state index < -0.39 is 10.4 Å². The molecule has 0 fully saturated rings. The molecule has 0 saturated heterocycles. The maximum absolute atomic E-state index is 10.8. The van der Waals surface area contributed by atoms with Crippen molar-refractivity contribution in [2.75, 3.05) is 6.61 Å². The highest BCUT2D eigenvalue weighted by molar-refractivity contribution is 7.80. The van der Waals surface area contributed by atoms with Crippen molar-refractivity contribution in [3.8, 4) is 0 Å². The predicted molar refractivity (Wildman–Crippen MR) is 96.8 cm³/mol. The normalized spacial score (nSPS) is 16.3. The fourth-order valence-corrected chi connectivity index (χ4v) is 3.45. The minimum atomic E-state index is -4.34. The molecule has 0 aliphatic carbocycles. The highest BCUT2D eigenvalue weighted by Gasteiger charge is 2.19. The molecule has 23 heavy (non-hydrogen) atoms. The SMILES string of the molecule is CC(CCC(CCCC(C)(C)C)COS(=O)(=O)O)CC(C)(C)C. The molecule has 2 unspecified atom stereocenters. The van der Waals surface area contributed by atoms with E-state index in [1.165, 1.54) is 0 Å². The molecule has 0 spiro atoms. The van der Waals surface area contributed by atoms with Crippen LogP contribution in [-0.2, 0) is 14.6 Å². The number of rotatable bonds is 10. The zero-order valence-electron chi connectivity index (χ0n) is 16.2. The van der Waals surface area contributed by atoms with Crippen LogP contribution in [0.4, 0.5) is 0 Å². The van der Waals surface area contributed by atoms with Crippen LogP contribution in [-0.4, -0.2) is 19.6 Å². The van der Waals surface area contributed by atoms with Crippen LogP contribution in [0, 0.1) is 22.7 Å². The average molecular weight is 351 g/mol. The van der Waals surface area contributed by atoms with E-state index in [-0.39, 0.29) is 17.9 Å². The van der Waals surface area contributed by atoms with Crippen LogP contribution >= 0.6 is 0 Å². The van der Waals surface area contributed by atoms with Crippen molar-refractivity contribution in [2.45, 2.75) is 87.0 Å². The first-order valence-electron chi connectivity index (χ1n) is 8.80. The molecule has 0 bridgehead atoms. The Morgan fingerprint density at radius 3 is 1.96 bits per heavy atom. The summed E-state index contributed by atoms with van der Waals surface area (Å²) in [4.78, 5) is 0. The Balaban J connectivity index is 4.41. The minimum Gasteiger partial charge on any atom is -0.264 e. The van der Waals surface area contributed by atoms with Gasteiger partial charge in [0.15, 0.2) is 0 Å². The van der Waals surface area contributed by atoms with Crippen molar-refractivity contribution >= 4 is 10.4 Å². The Morgan fingerprint density at radius 2 is 1.52 bits per heavy atom. The third-order valence-corrected chi connectivity index (χ3v) is 4.45. The van der Waals surface area contributed by atoms with Crippen LogP contribution in [0.3, 0.4) is 0 Å². The van der Waals surface area contributed by atoms with Crippen LogP contribution in [0.5, 0.6) is 0 Å². The monoisotopic (exact) mass is 350 g/mol. The molecule has 0 aromatic carbocycles. The van der Waals surface area contributed by atoms with Gasteiger partial charge in [-0.1, -0.05) is 61.3 Å². The molecule has 0 aromatic heterocycles. The van der Waals surface area contributed by atoms with Crippen molar-refractivity contribution in [2.24, 2.45) is 22.7 Å². The summed E-state index contributed by atoms with van der Waals surface area (Å²) in [6.45, 7) is 15.7. The van der Waals surface area contributed by atoms with Gasteiger partial charge in [-0.2, -0.15) is 8.42 Å². The van der Waals surface area contributed by atoms with Gasteiger partial charge < -0.3 is 0 Å². The van der Waals surface area contributed by atoms with Crippen molar-refractivity contribution in [1.29, 1.82) is 0 Å². The van der Waals surface area contributed by atoms with E-state index in [2.05, 4.69) is 52.6 Å². The molecule has 5 heteroatoms. The van der Waals surface area contributed by atoms with E-state index >= 15 is 0 Å². The highest BCUT2D eigenvalue weighted by Crippen LogP contribution is 2.30. The Morgan fingerprint density at radius 1 is 0.957 bits per heavy atom. The standard InChI is InChI=1S/C18H38O4S/c1-15(13-18(5,6)7)10-11-16(14-22-23(19,20)21)9-8-12-17(2,3)4/h15-16H,8-14H2,1-7H3,(H,19,20,21). The molecule has 2 atom stereocenters. The van der Waals surface area contributed by atoms with Gasteiger partial charge in [-0.05, 0) is 48.3 Å². The highest BCUT2D eigenvalue weighted by atomic mass is 32.3. The topological polar surface area (TPSA) is 63.6 Å². The average Bonchev–Trinajstić information content (AvgIpc) is 2.27. The minimum absolute atomic E-state index is 0.0885. The van der Waals surface area contributed by atoms with Crippen molar-refractivity contribution < 1.29 is 17.2 Å². The van der Waals surface area contributed by atoms with Crippen LogP contribution in [0.15, 0.2) is 0 Å². The first-order chi connectivity index (χ1) is 10.2. The van der Waals surface area contributed by atoms with Gasteiger partial charge in [0.25, 0.3) is 0 Å². The quantitative estimate of drug-likeness (QED) is 0.529. The molecule has 0 rings (SSSR count). The van der Waals surface area contributed by atoms with Crippen LogP contribution in [0.25, 0.3) is 0 Å². The van der Waals surface area contributed by atoms with Crippen molar-refractivity contribution in [3.63, 3.8) is 0 Å². The molecular formula is C18H38O4S. The lowest BCUT2D eigenvalue weighted by molar-refractivity contribution is 0.191. The van der Waals surface area contributed by atoms with Gasteiger partial charge in [-0.25, -0.2) is 4.18 Å². The summed E-state index contributed by atoms with van der Waals surface area (Å²) in [6, 6.07) is 0. The summed E-state index contributed by atoms with van der Waals surface area (Å²) >= 11 is 0. The Kier molecular flexibility index (Phi) is 9.33.